The highest BCUT2D eigenvalue weighted by molar-refractivity contribution is 5.58. The minimum absolute atomic E-state index is 0.0620. The van der Waals surface area contributed by atoms with E-state index < -0.39 is 0 Å². The highest BCUT2D eigenvalue weighted by atomic mass is 14.8. The maximum absolute atomic E-state index is 4.33. The fraction of sp³-hybridized carbons (Fsp3) is 0.286. The predicted octanol–water partition coefficient (Wildman–Crippen LogP) is 3.44. The van der Waals surface area contributed by atoms with Crippen molar-refractivity contribution < 1.29 is 0 Å². The molecule has 0 atom stereocenters. The highest BCUT2D eigenvalue weighted by Crippen LogP contribution is 2.23. The van der Waals surface area contributed by atoms with Gasteiger partial charge in [0.15, 0.2) is 0 Å². The summed E-state index contributed by atoms with van der Waals surface area (Å²) in [6, 6.07) is 12.2. The topological polar surface area (TPSA) is 25.8 Å². The molecule has 0 bridgehead atoms. The molecule has 0 aliphatic rings. The quantitative estimate of drug-likeness (QED) is 0.723. The Morgan fingerprint density at radius 3 is 2.25 bits per heavy atom. The predicted molar refractivity (Wildman–Crippen MR) is 66.2 cm³/mol. The number of aromatic nitrogens is 2. The molecule has 0 aliphatic carbocycles. The molecule has 0 saturated carbocycles. The van der Waals surface area contributed by atoms with Gasteiger partial charge in [0.05, 0.1) is 5.69 Å². The van der Waals surface area contributed by atoms with Gasteiger partial charge in [0.25, 0.3) is 0 Å². The van der Waals surface area contributed by atoms with Crippen molar-refractivity contribution in [3.8, 4) is 11.3 Å². The number of hydrogen-bond donors (Lipinski definition) is 0. The average Bonchev–Trinajstić information content (AvgIpc) is 2.29. The normalized spacial score (nSPS) is 11.4. The Balaban J connectivity index is 2.45. The van der Waals surface area contributed by atoms with Crippen LogP contribution in [0.5, 0.6) is 0 Å². The molecule has 82 valence electrons. The number of hydrogen-bond acceptors (Lipinski definition) is 2. The van der Waals surface area contributed by atoms with Crippen molar-refractivity contribution in [1.82, 2.24) is 9.97 Å². The molecule has 16 heavy (non-hydrogen) atoms. The van der Waals surface area contributed by atoms with Crippen molar-refractivity contribution in [3.63, 3.8) is 0 Å². The molecular weight excluding hydrogens is 196 g/mol. The number of nitrogens with zero attached hydrogens (tertiary/aromatic N) is 2. The summed E-state index contributed by atoms with van der Waals surface area (Å²) < 4.78 is 0. The summed E-state index contributed by atoms with van der Waals surface area (Å²) in [6.45, 7) is 6.47. The fourth-order valence-corrected chi connectivity index (χ4v) is 1.53. The largest absolute Gasteiger partial charge is 0.241 e. The van der Waals surface area contributed by atoms with Crippen molar-refractivity contribution in [2.24, 2.45) is 0 Å². The van der Waals surface area contributed by atoms with E-state index in [1.807, 2.05) is 18.2 Å². The van der Waals surface area contributed by atoms with E-state index in [1.165, 1.54) is 0 Å². The summed E-state index contributed by atoms with van der Waals surface area (Å²) in [4.78, 5) is 8.64. The highest BCUT2D eigenvalue weighted by Gasteiger charge is 2.16. The molecule has 0 amide bonds. The molecular formula is C14H16N2. The van der Waals surface area contributed by atoms with E-state index in [2.05, 4.69) is 48.9 Å². The zero-order valence-electron chi connectivity index (χ0n) is 9.94. The van der Waals surface area contributed by atoms with Crippen LogP contribution >= 0.6 is 0 Å². The molecule has 0 saturated heterocycles. The first-order valence-corrected chi connectivity index (χ1v) is 5.45. The van der Waals surface area contributed by atoms with Gasteiger partial charge in [-0.3, -0.25) is 0 Å². The van der Waals surface area contributed by atoms with Gasteiger partial charge >= 0.3 is 0 Å². The van der Waals surface area contributed by atoms with Crippen LogP contribution in [-0.4, -0.2) is 9.97 Å². The summed E-state index contributed by atoms with van der Waals surface area (Å²) in [5, 5.41) is 0. The van der Waals surface area contributed by atoms with Crippen molar-refractivity contribution >= 4 is 0 Å². The Kier molecular flexibility index (Phi) is 2.73. The van der Waals surface area contributed by atoms with E-state index in [0.29, 0.717) is 0 Å². The van der Waals surface area contributed by atoms with Crippen molar-refractivity contribution in [2.45, 2.75) is 26.2 Å². The summed E-state index contributed by atoms with van der Waals surface area (Å²) in [6.07, 6.45) is 1.64. The summed E-state index contributed by atoms with van der Waals surface area (Å²) in [5.41, 5.74) is 3.25. The van der Waals surface area contributed by atoms with Crippen molar-refractivity contribution in [3.05, 3.63) is 48.4 Å². The third-order valence-electron chi connectivity index (χ3n) is 2.51. The zero-order valence-corrected chi connectivity index (χ0v) is 9.94. The van der Waals surface area contributed by atoms with E-state index >= 15 is 0 Å². The molecule has 2 aromatic rings. The van der Waals surface area contributed by atoms with Crippen molar-refractivity contribution in [1.29, 1.82) is 0 Å². The lowest BCUT2D eigenvalue weighted by Crippen LogP contribution is -2.13. The lowest BCUT2D eigenvalue weighted by molar-refractivity contribution is 0.567. The second-order valence-electron chi connectivity index (χ2n) is 4.90. The van der Waals surface area contributed by atoms with Crippen LogP contribution in [0, 0.1) is 0 Å². The molecule has 2 nitrogen and oxygen atoms in total. The Morgan fingerprint density at radius 1 is 0.938 bits per heavy atom. The maximum atomic E-state index is 4.33. The monoisotopic (exact) mass is 212 g/mol. The van der Waals surface area contributed by atoms with E-state index in [4.69, 9.17) is 0 Å². The third-order valence-corrected chi connectivity index (χ3v) is 2.51. The number of rotatable bonds is 1. The van der Waals surface area contributed by atoms with Crippen LogP contribution in [0.2, 0.25) is 0 Å². The van der Waals surface area contributed by atoms with Gasteiger partial charge in [-0.1, -0.05) is 51.1 Å². The molecule has 0 unspecified atom stereocenters. The minimum Gasteiger partial charge on any atom is -0.241 e. The molecule has 0 spiro atoms. The molecule has 0 fully saturated rings. The first kappa shape index (κ1) is 10.8. The Hall–Kier alpha value is -1.70. The summed E-state index contributed by atoms with van der Waals surface area (Å²) >= 11 is 0. The molecule has 2 rings (SSSR count). The molecule has 0 N–H and O–H groups in total. The van der Waals surface area contributed by atoms with Gasteiger partial charge in [-0.15, -0.1) is 0 Å². The Bertz CT molecular complexity index is 470. The van der Waals surface area contributed by atoms with Crippen LogP contribution in [0.15, 0.2) is 42.7 Å². The van der Waals surface area contributed by atoms with Gasteiger partial charge in [-0.05, 0) is 6.07 Å². The summed E-state index contributed by atoms with van der Waals surface area (Å²) in [5.74, 6) is 0. The first-order chi connectivity index (χ1) is 7.57. The molecule has 1 heterocycles. The van der Waals surface area contributed by atoms with E-state index in [1.54, 1.807) is 6.33 Å². The van der Waals surface area contributed by atoms with Crippen LogP contribution in [-0.2, 0) is 5.41 Å². The average molecular weight is 212 g/mol. The SMILES string of the molecule is CC(C)(C)c1cc(-c2ccccc2)ncn1. The van der Waals surface area contributed by atoms with E-state index in [9.17, 15) is 0 Å². The third kappa shape index (κ3) is 2.27. The van der Waals surface area contributed by atoms with Gasteiger partial charge in [0, 0.05) is 16.7 Å². The van der Waals surface area contributed by atoms with Crippen LogP contribution in [0.1, 0.15) is 26.5 Å². The number of benzene rings is 1. The second-order valence-corrected chi connectivity index (χ2v) is 4.90. The van der Waals surface area contributed by atoms with Crippen LogP contribution < -0.4 is 0 Å². The zero-order chi connectivity index (χ0) is 11.6. The molecule has 0 radical (unpaired) electrons. The smallest absolute Gasteiger partial charge is 0.116 e. The van der Waals surface area contributed by atoms with Crippen LogP contribution in [0.4, 0.5) is 0 Å². The van der Waals surface area contributed by atoms with Gasteiger partial charge in [-0.2, -0.15) is 0 Å². The Morgan fingerprint density at radius 2 is 1.62 bits per heavy atom. The van der Waals surface area contributed by atoms with Crippen molar-refractivity contribution in [2.75, 3.05) is 0 Å². The van der Waals surface area contributed by atoms with Gasteiger partial charge in [-0.25, -0.2) is 9.97 Å². The van der Waals surface area contributed by atoms with Gasteiger partial charge in [0.2, 0.25) is 0 Å². The molecule has 2 heteroatoms. The first-order valence-electron chi connectivity index (χ1n) is 5.45. The maximum Gasteiger partial charge on any atom is 0.116 e. The van der Waals surface area contributed by atoms with Gasteiger partial charge in [0.1, 0.15) is 6.33 Å². The molecule has 1 aromatic heterocycles. The second kappa shape index (κ2) is 4.05. The van der Waals surface area contributed by atoms with E-state index in [-0.39, 0.29) is 5.41 Å². The van der Waals surface area contributed by atoms with Crippen LogP contribution in [0.25, 0.3) is 11.3 Å². The van der Waals surface area contributed by atoms with Gasteiger partial charge < -0.3 is 0 Å². The standard InChI is InChI=1S/C14H16N2/c1-14(2,3)13-9-12(15-10-16-13)11-7-5-4-6-8-11/h4-10H,1-3H3. The minimum atomic E-state index is 0.0620. The lowest BCUT2D eigenvalue weighted by Gasteiger charge is -2.17. The Labute approximate surface area is 96.4 Å². The lowest BCUT2D eigenvalue weighted by atomic mass is 9.91. The summed E-state index contributed by atoms with van der Waals surface area (Å²) in [7, 11) is 0. The van der Waals surface area contributed by atoms with E-state index in [0.717, 1.165) is 17.0 Å². The van der Waals surface area contributed by atoms with Crippen LogP contribution in [0.3, 0.4) is 0 Å². The molecule has 0 aliphatic heterocycles. The molecule has 1 aromatic carbocycles. The fourth-order valence-electron chi connectivity index (χ4n) is 1.53.